The molecule has 0 aliphatic heterocycles. The van der Waals surface area contributed by atoms with Gasteiger partial charge in [-0.2, -0.15) is 0 Å². The van der Waals surface area contributed by atoms with Crippen LogP contribution in [0.25, 0.3) is 9.40 Å². The third-order valence-electron chi connectivity index (χ3n) is 3.86. The number of thiophene rings is 2. The normalized spacial score (nSPS) is 10.2. The fourth-order valence-corrected chi connectivity index (χ4v) is 5.38. The van der Waals surface area contributed by atoms with Crippen LogP contribution in [0.2, 0.25) is 0 Å². The first-order valence-electron chi connectivity index (χ1n) is 8.46. The Morgan fingerprint density at radius 2 is 1.80 bits per heavy atom. The van der Waals surface area contributed by atoms with Crippen LogP contribution in [-0.2, 0) is 0 Å². The van der Waals surface area contributed by atoms with Gasteiger partial charge >= 0.3 is 0 Å². The highest BCUT2D eigenvalue weighted by Gasteiger charge is 2.04. The largest absolute Gasteiger partial charge is 0.127 e. The lowest BCUT2D eigenvalue weighted by Crippen LogP contribution is -1.84. The molecule has 3 heteroatoms. The van der Waals surface area contributed by atoms with Gasteiger partial charge in [-0.1, -0.05) is 43.4 Å². The highest BCUT2D eigenvalue weighted by Crippen LogP contribution is 2.35. The summed E-state index contributed by atoms with van der Waals surface area (Å²) in [6.45, 7) is 4.32. The maximum absolute atomic E-state index is 3.53. The lowest BCUT2D eigenvalue weighted by atomic mass is 10.1. The van der Waals surface area contributed by atoms with Crippen LogP contribution in [0, 0.1) is 30.6 Å². The van der Waals surface area contributed by atoms with Crippen LogP contribution in [0.5, 0.6) is 0 Å². The summed E-state index contributed by atoms with van der Waals surface area (Å²) in [5.41, 5.74) is 3.35. The Hall–Kier alpha value is -1.52. The summed E-state index contributed by atoms with van der Waals surface area (Å²) >= 11 is 7.03. The molecule has 0 unspecified atom stereocenters. The Bertz CT molecular complexity index is 968. The Morgan fingerprint density at radius 1 is 0.960 bits per heavy atom. The molecule has 0 atom stereocenters. The van der Waals surface area contributed by atoms with Gasteiger partial charge in [-0.25, -0.2) is 0 Å². The number of fused-ring (bicyclic) bond motifs is 1. The van der Waals surface area contributed by atoms with E-state index >= 15 is 0 Å². The average Bonchev–Trinajstić information content (AvgIpc) is 3.10. The zero-order valence-electron chi connectivity index (χ0n) is 14.4. The minimum absolute atomic E-state index is 0.986. The average molecular weight is 427 g/mol. The van der Waals surface area contributed by atoms with Crippen LogP contribution in [-0.4, -0.2) is 0 Å². The molecule has 0 aliphatic carbocycles. The Labute approximate surface area is 166 Å². The third kappa shape index (κ3) is 4.99. The molecule has 3 aromatic rings. The first-order valence-corrected chi connectivity index (χ1v) is 10.9. The summed E-state index contributed by atoms with van der Waals surface area (Å²) in [6, 6.07) is 10.6. The quantitative estimate of drug-likeness (QED) is 0.302. The minimum Gasteiger partial charge on any atom is -0.127 e. The summed E-state index contributed by atoms with van der Waals surface area (Å²) < 4.78 is 3.77. The Balaban J connectivity index is 1.72. The van der Waals surface area contributed by atoms with E-state index in [1.807, 2.05) is 0 Å². The fraction of sp³-hybridized carbons (Fsp3) is 0.273. The van der Waals surface area contributed by atoms with E-state index in [1.165, 1.54) is 38.0 Å². The molecule has 0 saturated heterocycles. The topological polar surface area (TPSA) is 0 Å². The van der Waals surface area contributed by atoms with Gasteiger partial charge in [-0.05, 0) is 65.2 Å². The lowest BCUT2D eigenvalue weighted by Gasteiger charge is -1.98. The fourth-order valence-electron chi connectivity index (χ4n) is 2.51. The van der Waals surface area contributed by atoms with E-state index in [4.69, 9.17) is 0 Å². The van der Waals surface area contributed by atoms with E-state index < -0.39 is 0 Å². The van der Waals surface area contributed by atoms with Crippen LogP contribution in [0.3, 0.4) is 0 Å². The Kier molecular flexibility index (Phi) is 6.38. The van der Waals surface area contributed by atoms with Gasteiger partial charge in [0.2, 0.25) is 0 Å². The molecule has 0 N–H and O–H groups in total. The van der Waals surface area contributed by atoms with E-state index in [2.05, 4.69) is 83.8 Å². The van der Waals surface area contributed by atoms with Gasteiger partial charge in [0.25, 0.3) is 0 Å². The maximum atomic E-state index is 3.53. The van der Waals surface area contributed by atoms with E-state index in [0.29, 0.717) is 0 Å². The molecule has 25 heavy (non-hydrogen) atoms. The van der Waals surface area contributed by atoms with Gasteiger partial charge < -0.3 is 0 Å². The minimum atomic E-state index is 0.986. The molecule has 0 nitrogen and oxygen atoms in total. The van der Waals surface area contributed by atoms with Crippen LogP contribution < -0.4 is 0 Å². The number of rotatable bonds is 3. The molecule has 3 rings (SSSR count). The number of hydrogen-bond donors (Lipinski definition) is 0. The first-order chi connectivity index (χ1) is 12.2. The second-order valence-corrected chi connectivity index (χ2v) is 9.48. The summed E-state index contributed by atoms with van der Waals surface area (Å²) in [7, 11) is 0. The summed E-state index contributed by atoms with van der Waals surface area (Å²) in [5.74, 6) is 13.2. The van der Waals surface area contributed by atoms with Crippen molar-refractivity contribution in [3.8, 4) is 23.7 Å². The van der Waals surface area contributed by atoms with E-state index in [1.54, 1.807) is 22.7 Å². The predicted molar refractivity (Wildman–Crippen MR) is 116 cm³/mol. The van der Waals surface area contributed by atoms with E-state index in [0.717, 1.165) is 22.4 Å². The van der Waals surface area contributed by atoms with Gasteiger partial charge in [0, 0.05) is 26.9 Å². The van der Waals surface area contributed by atoms with Crippen molar-refractivity contribution in [1.29, 1.82) is 0 Å². The molecule has 0 radical (unpaired) electrons. The molecule has 126 valence electrons. The lowest BCUT2D eigenvalue weighted by molar-refractivity contribution is 0.737. The molecule has 0 bridgehead atoms. The van der Waals surface area contributed by atoms with Gasteiger partial charge in [0.15, 0.2) is 0 Å². The molecular weight excluding hydrogens is 408 g/mol. The molecule has 2 heterocycles. The Morgan fingerprint density at radius 3 is 2.56 bits per heavy atom. The molecule has 0 fully saturated rings. The molecule has 0 amide bonds. The number of aryl methyl sites for hydroxylation is 1. The summed E-state index contributed by atoms with van der Waals surface area (Å²) in [4.78, 5) is 1.12. The van der Waals surface area contributed by atoms with Crippen LogP contribution in [0.15, 0.2) is 34.1 Å². The van der Waals surface area contributed by atoms with Gasteiger partial charge in [-0.3, -0.25) is 0 Å². The summed E-state index contributed by atoms with van der Waals surface area (Å²) in [6.07, 6.45) is 4.69. The van der Waals surface area contributed by atoms with E-state index in [9.17, 15) is 0 Å². The number of hydrogen-bond acceptors (Lipinski definition) is 2. The van der Waals surface area contributed by atoms with Crippen molar-refractivity contribution in [2.45, 2.75) is 39.5 Å². The zero-order chi connectivity index (χ0) is 17.6. The molecule has 1 aromatic carbocycles. The second-order valence-electron chi connectivity index (χ2n) is 5.93. The second kappa shape index (κ2) is 8.72. The molecular formula is C22H19BrS2. The van der Waals surface area contributed by atoms with Crippen molar-refractivity contribution in [3.63, 3.8) is 0 Å². The van der Waals surface area contributed by atoms with Crippen LogP contribution >= 0.6 is 38.6 Å². The van der Waals surface area contributed by atoms with E-state index in [-0.39, 0.29) is 0 Å². The number of unbranched alkanes of at least 4 members (excludes halogenated alkanes) is 3. The molecule has 0 spiro atoms. The highest BCUT2D eigenvalue weighted by atomic mass is 79.9. The van der Waals surface area contributed by atoms with Crippen LogP contribution in [0.4, 0.5) is 0 Å². The number of benzene rings is 1. The molecule has 0 aliphatic rings. The van der Waals surface area contributed by atoms with Gasteiger partial charge in [0.05, 0.1) is 8.66 Å². The van der Waals surface area contributed by atoms with Gasteiger partial charge in [-0.15, -0.1) is 22.7 Å². The monoisotopic (exact) mass is 426 g/mol. The van der Waals surface area contributed by atoms with Crippen molar-refractivity contribution in [1.82, 2.24) is 0 Å². The number of halogens is 1. The van der Waals surface area contributed by atoms with Crippen molar-refractivity contribution in [2.75, 3.05) is 0 Å². The smallest absolute Gasteiger partial charge is 0.0793 e. The van der Waals surface area contributed by atoms with Gasteiger partial charge in [0.1, 0.15) is 0 Å². The van der Waals surface area contributed by atoms with Crippen molar-refractivity contribution in [2.24, 2.45) is 0 Å². The standard InChI is InChI=1S/C22H19BrS2/c1-3-4-5-6-7-8-17-9-10-18(16(2)13-17)11-12-19-14-20-21(24-19)15-22(23)25-20/h9-10,13-15H,3-6H2,1-2H3. The third-order valence-corrected chi connectivity index (χ3v) is 6.57. The predicted octanol–water partition coefficient (Wildman–Crippen LogP) is 7.37. The SMILES string of the molecule is CCCCCC#Cc1ccc(C#Cc2cc3sc(Br)cc3s2)c(C)c1. The first kappa shape index (κ1) is 18.3. The van der Waals surface area contributed by atoms with Crippen molar-refractivity contribution >= 4 is 48.0 Å². The van der Waals surface area contributed by atoms with Crippen LogP contribution in [0.1, 0.15) is 54.2 Å². The zero-order valence-corrected chi connectivity index (χ0v) is 17.6. The van der Waals surface area contributed by atoms with Crippen molar-refractivity contribution in [3.05, 3.63) is 55.7 Å². The highest BCUT2D eigenvalue weighted by molar-refractivity contribution is 9.11. The van der Waals surface area contributed by atoms with Crippen molar-refractivity contribution < 1.29 is 0 Å². The maximum Gasteiger partial charge on any atom is 0.0793 e. The summed E-state index contributed by atoms with van der Waals surface area (Å²) in [5, 5.41) is 0. The molecule has 0 saturated carbocycles. The molecule has 2 aromatic heterocycles.